The molecule has 0 spiro atoms. The van der Waals surface area contributed by atoms with Crippen LogP contribution in [-0.4, -0.2) is 28.7 Å². The van der Waals surface area contributed by atoms with Gasteiger partial charge in [-0.2, -0.15) is 0 Å². The van der Waals surface area contributed by atoms with Gasteiger partial charge in [0.1, 0.15) is 10.3 Å². The molecular formula is C9H10BrN3O3. The lowest BCUT2D eigenvalue weighted by Crippen LogP contribution is -2.53. The quantitative estimate of drug-likeness (QED) is 0.522. The largest absolute Gasteiger partial charge is 0.376 e. The number of hydrogen-bond donors (Lipinski definition) is 1. The fourth-order valence-electron chi connectivity index (χ4n) is 1.47. The molecule has 2 heterocycles. The predicted octanol–water partition coefficient (Wildman–Crippen LogP) is 1.95. The van der Waals surface area contributed by atoms with Gasteiger partial charge < -0.3 is 10.1 Å². The highest BCUT2D eigenvalue weighted by molar-refractivity contribution is 9.10. The van der Waals surface area contributed by atoms with E-state index in [4.69, 9.17) is 4.74 Å². The lowest BCUT2D eigenvalue weighted by atomic mass is 10.0. The fourth-order valence-corrected chi connectivity index (χ4v) is 1.79. The SMILES string of the molecule is CC1(Nc2cnc(Br)cc2[N+](=O)[O-])COC1. The van der Waals surface area contributed by atoms with Crippen molar-refractivity contribution in [1.29, 1.82) is 0 Å². The van der Waals surface area contributed by atoms with Crippen molar-refractivity contribution < 1.29 is 9.66 Å². The van der Waals surface area contributed by atoms with Gasteiger partial charge in [-0.25, -0.2) is 4.98 Å². The number of nitrogens with one attached hydrogen (secondary N) is 1. The Balaban J connectivity index is 2.29. The van der Waals surface area contributed by atoms with Crippen LogP contribution >= 0.6 is 15.9 Å². The summed E-state index contributed by atoms with van der Waals surface area (Å²) in [6, 6.07) is 1.38. The molecule has 1 aliphatic heterocycles. The summed E-state index contributed by atoms with van der Waals surface area (Å²) in [5, 5.41) is 13.9. The van der Waals surface area contributed by atoms with Gasteiger partial charge >= 0.3 is 0 Å². The molecule has 1 saturated heterocycles. The first-order valence-electron chi connectivity index (χ1n) is 4.66. The zero-order valence-corrected chi connectivity index (χ0v) is 10.2. The van der Waals surface area contributed by atoms with Gasteiger partial charge in [-0.05, 0) is 22.9 Å². The van der Waals surface area contributed by atoms with E-state index in [-0.39, 0.29) is 11.2 Å². The maximum absolute atomic E-state index is 10.9. The number of nitrogens with zero attached hydrogens (tertiary/aromatic N) is 2. The minimum Gasteiger partial charge on any atom is -0.376 e. The Morgan fingerprint density at radius 3 is 2.88 bits per heavy atom. The van der Waals surface area contributed by atoms with Crippen molar-refractivity contribution >= 4 is 27.3 Å². The minimum absolute atomic E-state index is 0.00926. The first kappa shape index (κ1) is 11.3. The molecule has 86 valence electrons. The van der Waals surface area contributed by atoms with Crippen molar-refractivity contribution in [3.05, 3.63) is 27.0 Å². The van der Waals surface area contributed by atoms with E-state index in [1.54, 1.807) is 0 Å². The fraction of sp³-hybridized carbons (Fsp3) is 0.444. The highest BCUT2D eigenvalue weighted by atomic mass is 79.9. The summed E-state index contributed by atoms with van der Waals surface area (Å²) >= 11 is 3.11. The summed E-state index contributed by atoms with van der Waals surface area (Å²) in [6.07, 6.45) is 1.45. The van der Waals surface area contributed by atoms with Crippen LogP contribution in [0.15, 0.2) is 16.9 Å². The van der Waals surface area contributed by atoms with E-state index in [0.717, 1.165) is 0 Å². The van der Waals surface area contributed by atoms with Crippen molar-refractivity contribution in [2.24, 2.45) is 0 Å². The molecule has 0 bridgehead atoms. The third kappa shape index (κ3) is 2.14. The average Bonchev–Trinajstić information content (AvgIpc) is 2.18. The van der Waals surface area contributed by atoms with E-state index in [1.165, 1.54) is 12.3 Å². The third-order valence-corrected chi connectivity index (χ3v) is 2.76. The topological polar surface area (TPSA) is 77.3 Å². The number of nitro groups is 1. The molecule has 6 nitrogen and oxygen atoms in total. The number of ether oxygens (including phenoxy) is 1. The van der Waals surface area contributed by atoms with Crippen LogP contribution in [-0.2, 0) is 4.74 Å². The average molecular weight is 288 g/mol. The standard InChI is InChI=1S/C9H10BrN3O3/c1-9(4-16-5-9)12-6-3-11-8(10)2-7(6)13(14)15/h2-3,12H,4-5H2,1H3. The van der Waals surface area contributed by atoms with Crippen LogP contribution in [0.1, 0.15) is 6.92 Å². The molecule has 1 aliphatic rings. The molecule has 0 aromatic carbocycles. The molecule has 1 N–H and O–H groups in total. The van der Waals surface area contributed by atoms with Gasteiger partial charge in [0.15, 0.2) is 0 Å². The molecular weight excluding hydrogens is 278 g/mol. The number of halogens is 1. The summed E-state index contributed by atoms with van der Waals surface area (Å²) < 4.78 is 5.52. The summed E-state index contributed by atoms with van der Waals surface area (Å²) in [6.45, 7) is 3.03. The zero-order valence-electron chi connectivity index (χ0n) is 8.57. The number of aromatic nitrogens is 1. The monoisotopic (exact) mass is 287 g/mol. The van der Waals surface area contributed by atoms with Gasteiger partial charge in [-0.1, -0.05) is 0 Å². The molecule has 0 atom stereocenters. The molecule has 1 fully saturated rings. The zero-order chi connectivity index (χ0) is 11.8. The van der Waals surface area contributed by atoms with Gasteiger partial charge in [0.2, 0.25) is 0 Å². The van der Waals surface area contributed by atoms with Gasteiger partial charge in [-0.3, -0.25) is 10.1 Å². The molecule has 0 unspecified atom stereocenters. The molecule has 2 rings (SSSR count). The summed E-state index contributed by atoms with van der Waals surface area (Å²) in [5.74, 6) is 0. The molecule has 7 heteroatoms. The molecule has 1 aromatic heterocycles. The Morgan fingerprint density at radius 1 is 1.69 bits per heavy atom. The van der Waals surface area contributed by atoms with Crippen molar-refractivity contribution in [2.45, 2.75) is 12.5 Å². The van der Waals surface area contributed by atoms with E-state index in [0.29, 0.717) is 23.5 Å². The first-order valence-corrected chi connectivity index (χ1v) is 5.45. The maximum Gasteiger partial charge on any atom is 0.296 e. The third-order valence-electron chi connectivity index (χ3n) is 2.32. The number of rotatable bonds is 3. The van der Waals surface area contributed by atoms with Crippen molar-refractivity contribution in [3.8, 4) is 0 Å². The van der Waals surface area contributed by atoms with E-state index in [9.17, 15) is 10.1 Å². The summed E-state index contributed by atoms with van der Waals surface area (Å²) in [7, 11) is 0. The van der Waals surface area contributed by atoms with Gasteiger partial charge in [0.25, 0.3) is 5.69 Å². The van der Waals surface area contributed by atoms with Gasteiger partial charge in [-0.15, -0.1) is 0 Å². The predicted molar refractivity (Wildman–Crippen MR) is 61.4 cm³/mol. The Labute approximate surface area is 100 Å². The molecule has 0 aliphatic carbocycles. The van der Waals surface area contributed by atoms with E-state index < -0.39 is 4.92 Å². The number of hydrogen-bond acceptors (Lipinski definition) is 5. The molecule has 0 saturated carbocycles. The first-order chi connectivity index (χ1) is 7.50. The second-order valence-electron chi connectivity index (χ2n) is 3.96. The second kappa shape index (κ2) is 3.99. The minimum atomic E-state index is -0.433. The van der Waals surface area contributed by atoms with Crippen LogP contribution < -0.4 is 5.32 Å². The summed E-state index contributed by atoms with van der Waals surface area (Å²) in [5.41, 5.74) is 0.189. The molecule has 0 radical (unpaired) electrons. The van der Waals surface area contributed by atoms with Crippen molar-refractivity contribution in [3.63, 3.8) is 0 Å². The highest BCUT2D eigenvalue weighted by Gasteiger charge is 2.35. The normalized spacial score (nSPS) is 17.6. The van der Waals surface area contributed by atoms with Crippen molar-refractivity contribution in [2.75, 3.05) is 18.5 Å². The molecule has 0 amide bonds. The van der Waals surface area contributed by atoms with Crippen LogP contribution in [0.4, 0.5) is 11.4 Å². The van der Waals surface area contributed by atoms with Crippen molar-refractivity contribution in [1.82, 2.24) is 4.98 Å². The highest BCUT2D eigenvalue weighted by Crippen LogP contribution is 2.30. The van der Waals surface area contributed by atoms with Crippen LogP contribution in [0.25, 0.3) is 0 Å². The van der Waals surface area contributed by atoms with Gasteiger partial charge in [0.05, 0.1) is 35.9 Å². The smallest absolute Gasteiger partial charge is 0.296 e. The Hall–Kier alpha value is -1.21. The number of anilines is 1. The van der Waals surface area contributed by atoms with Crippen LogP contribution in [0.2, 0.25) is 0 Å². The van der Waals surface area contributed by atoms with Gasteiger partial charge in [0, 0.05) is 0 Å². The number of pyridine rings is 1. The van der Waals surface area contributed by atoms with Crippen LogP contribution in [0, 0.1) is 10.1 Å². The van der Waals surface area contributed by atoms with Crippen LogP contribution in [0.3, 0.4) is 0 Å². The maximum atomic E-state index is 10.9. The second-order valence-corrected chi connectivity index (χ2v) is 4.77. The lowest BCUT2D eigenvalue weighted by Gasteiger charge is -2.39. The summed E-state index contributed by atoms with van der Waals surface area (Å²) in [4.78, 5) is 14.4. The van der Waals surface area contributed by atoms with Crippen LogP contribution in [0.5, 0.6) is 0 Å². The Morgan fingerprint density at radius 2 is 2.38 bits per heavy atom. The Bertz CT molecular complexity index is 434. The lowest BCUT2D eigenvalue weighted by molar-refractivity contribution is -0.384. The van der Waals surface area contributed by atoms with E-state index in [2.05, 4.69) is 26.2 Å². The molecule has 16 heavy (non-hydrogen) atoms. The Kier molecular flexibility index (Phi) is 2.81. The van der Waals surface area contributed by atoms with E-state index >= 15 is 0 Å². The van der Waals surface area contributed by atoms with E-state index in [1.807, 2.05) is 6.92 Å². The molecule has 1 aromatic rings.